The molecule has 2 aromatic rings. The Morgan fingerprint density at radius 1 is 1.07 bits per heavy atom. The molecule has 1 aromatic carbocycles. The lowest BCUT2D eigenvalue weighted by atomic mass is 10.2. The Morgan fingerprint density at radius 3 is 2.30 bits per heavy atom. The van der Waals surface area contributed by atoms with Gasteiger partial charge in [-0.2, -0.15) is 13.2 Å². The summed E-state index contributed by atoms with van der Waals surface area (Å²) in [6, 6.07) is 2.95. The maximum Gasteiger partial charge on any atom is 0.416 e. The molecule has 1 aromatic heterocycles. The van der Waals surface area contributed by atoms with Crippen molar-refractivity contribution in [3.8, 4) is 0 Å². The van der Waals surface area contributed by atoms with Gasteiger partial charge in [-0.05, 0) is 31.0 Å². The van der Waals surface area contributed by atoms with E-state index in [2.05, 4.69) is 15.3 Å². The molecule has 1 aliphatic heterocycles. The molecule has 9 heteroatoms. The Balaban J connectivity index is 1.73. The minimum absolute atomic E-state index is 0.0399. The number of benzene rings is 1. The number of hydrogen-bond donors (Lipinski definition) is 1. The summed E-state index contributed by atoms with van der Waals surface area (Å²) in [5, 5.41) is 2.77. The molecule has 3 rings (SSSR count). The highest BCUT2D eigenvalue weighted by Crippen LogP contribution is 2.34. The van der Waals surface area contributed by atoms with Gasteiger partial charge in [-0.25, -0.2) is 9.97 Å². The fraction of sp³-hybridized carbons (Fsp3) is 0.389. The molecule has 0 atom stereocenters. The number of amides is 1. The number of alkyl halides is 3. The smallest absolute Gasteiger partial charge is 0.339 e. The van der Waals surface area contributed by atoms with Crippen molar-refractivity contribution in [3.63, 3.8) is 0 Å². The van der Waals surface area contributed by atoms with E-state index >= 15 is 0 Å². The van der Waals surface area contributed by atoms with Gasteiger partial charge in [0, 0.05) is 25.5 Å². The average molecular weight is 399 g/mol. The van der Waals surface area contributed by atoms with Gasteiger partial charge >= 0.3 is 6.18 Å². The van der Waals surface area contributed by atoms with Crippen LogP contribution in [0.5, 0.6) is 0 Å². The van der Waals surface area contributed by atoms with Crippen molar-refractivity contribution in [1.82, 2.24) is 14.9 Å². The van der Waals surface area contributed by atoms with Crippen LogP contribution in [0.3, 0.4) is 0 Å². The quantitative estimate of drug-likeness (QED) is 0.798. The molecule has 1 saturated heterocycles. The zero-order valence-electron chi connectivity index (χ0n) is 14.4. The van der Waals surface area contributed by atoms with Gasteiger partial charge in [0.25, 0.3) is 5.91 Å². The molecule has 0 radical (unpaired) electrons. The molecule has 5 nitrogen and oxygen atoms in total. The standard InChI is InChI=1S/C18H18ClF3N4O/c19-14-6-5-13(18(20,21)22)9-15(14)25-17-23-10-12(11-24-17)16(27)26-7-3-1-2-4-8-26/h5-6,9-11H,1-4,7-8H2,(H,23,24,25). The number of aromatic nitrogens is 2. The van der Waals surface area contributed by atoms with E-state index < -0.39 is 11.7 Å². The number of halogens is 4. The minimum Gasteiger partial charge on any atom is -0.339 e. The molecule has 1 N–H and O–H groups in total. The van der Waals surface area contributed by atoms with E-state index in [-0.39, 0.29) is 22.6 Å². The maximum atomic E-state index is 12.8. The number of nitrogens with one attached hydrogen (secondary N) is 1. The summed E-state index contributed by atoms with van der Waals surface area (Å²) in [5.74, 6) is -0.0795. The third kappa shape index (κ3) is 4.88. The normalized spacial score (nSPS) is 15.3. The van der Waals surface area contributed by atoms with Crippen molar-refractivity contribution in [2.45, 2.75) is 31.9 Å². The zero-order chi connectivity index (χ0) is 19.4. The Morgan fingerprint density at radius 2 is 1.70 bits per heavy atom. The molecule has 0 spiro atoms. The second-order valence-corrected chi connectivity index (χ2v) is 6.73. The van der Waals surface area contributed by atoms with Gasteiger partial charge in [0.2, 0.25) is 5.95 Å². The lowest BCUT2D eigenvalue weighted by molar-refractivity contribution is -0.137. The molecular formula is C18H18ClF3N4O. The molecule has 144 valence electrons. The van der Waals surface area contributed by atoms with Crippen LogP contribution in [-0.4, -0.2) is 33.9 Å². The number of hydrogen-bond acceptors (Lipinski definition) is 4. The molecule has 2 heterocycles. The number of rotatable bonds is 3. The molecule has 1 amide bonds. The highest BCUT2D eigenvalue weighted by molar-refractivity contribution is 6.33. The van der Waals surface area contributed by atoms with E-state index in [4.69, 9.17) is 11.6 Å². The van der Waals surface area contributed by atoms with E-state index in [0.717, 1.165) is 43.9 Å². The van der Waals surface area contributed by atoms with Crippen molar-refractivity contribution < 1.29 is 18.0 Å². The average Bonchev–Trinajstić information content (AvgIpc) is 2.92. The van der Waals surface area contributed by atoms with Crippen LogP contribution in [0, 0.1) is 0 Å². The van der Waals surface area contributed by atoms with Gasteiger partial charge in [0.15, 0.2) is 0 Å². The van der Waals surface area contributed by atoms with Crippen molar-refractivity contribution in [2.24, 2.45) is 0 Å². The summed E-state index contributed by atoms with van der Waals surface area (Å²) in [6.07, 6.45) is 2.42. The van der Waals surface area contributed by atoms with Gasteiger partial charge in [-0.3, -0.25) is 4.79 Å². The summed E-state index contributed by atoms with van der Waals surface area (Å²) in [5.41, 5.74) is -0.446. The number of carbonyl (C=O) groups excluding carboxylic acids is 1. The lowest BCUT2D eigenvalue weighted by Gasteiger charge is -2.20. The highest BCUT2D eigenvalue weighted by Gasteiger charge is 2.31. The van der Waals surface area contributed by atoms with Crippen LogP contribution in [0.15, 0.2) is 30.6 Å². The monoisotopic (exact) mass is 398 g/mol. The molecule has 0 aliphatic carbocycles. The molecule has 27 heavy (non-hydrogen) atoms. The van der Waals surface area contributed by atoms with E-state index in [9.17, 15) is 18.0 Å². The van der Waals surface area contributed by atoms with Crippen LogP contribution in [0.25, 0.3) is 0 Å². The second-order valence-electron chi connectivity index (χ2n) is 6.32. The molecule has 1 aliphatic rings. The first-order chi connectivity index (χ1) is 12.8. The van der Waals surface area contributed by atoms with Gasteiger partial charge in [-0.15, -0.1) is 0 Å². The summed E-state index contributed by atoms with van der Waals surface area (Å²) < 4.78 is 38.5. The second kappa shape index (κ2) is 8.12. The molecule has 0 saturated carbocycles. The number of anilines is 2. The summed E-state index contributed by atoms with van der Waals surface area (Å²) in [7, 11) is 0. The van der Waals surface area contributed by atoms with Crippen LogP contribution in [0.4, 0.5) is 24.8 Å². The highest BCUT2D eigenvalue weighted by atomic mass is 35.5. The van der Waals surface area contributed by atoms with Crippen molar-refractivity contribution in [2.75, 3.05) is 18.4 Å². The molecule has 0 bridgehead atoms. The Kier molecular flexibility index (Phi) is 5.84. The predicted molar refractivity (Wildman–Crippen MR) is 96.1 cm³/mol. The Bertz CT molecular complexity index is 803. The van der Waals surface area contributed by atoms with Crippen LogP contribution in [0.1, 0.15) is 41.6 Å². The van der Waals surface area contributed by atoms with Crippen molar-refractivity contribution >= 4 is 29.1 Å². The van der Waals surface area contributed by atoms with Crippen molar-refractivity contribution in [1.29, 1.82) is 0 Å². The Hall–Kier alpha value is -2.35. The Labute approximate surface area is 159 Å². The largest absolute Gasteiger partial charge is 0.416 e. The van der Waals surface area contributed by atoms with Gasteiger partial charge in [0.05, 0.1) is 21.8 Å². The number of carbonyl (C=O) groups is 1. The SMILES string of the molecule is O=C(c1cnc(Nc2cc(C(F)(F)F)ccc2Cl)nc1)N1CCCCCC1. The first kappa shape index (κ1) is 19.4. The van der Waals surface area contributed by atoms with Crippen LogP contribution < -0.4 is 5.32 Å². The van der Waals surface area contributed by atoms with Crippen LogP contribution >= 0.6 is 11.6 Å². The first-order valence-corrected chi connectivity index (χ1v) is 8.97. The van der Waals surface area contributed by atoms with Crippen LogP contribution in [0.2, 0.25) is 5.02 Å². The van der Waals surface area contributed by atoms with Gasteiger partial charge in [0.1, 0.15) is 0 Å². The predicted octanol–water partition coefficient (Wildman–Crippen LogP) is 4.91. The summed E-state index contributed by atoms with van der Waals surface area (Å²) >= 11 is 5.95. The van der Waals surface area contributed by atoms with E-state index in [1.165, 1.54) is 12.4 Å². The zero-order valence-corrected chi connectivity index (χ0v) is 15.1. The molecule has 1 fully saturated rings. The maximum absolute atomic E-state index is 12.8. The fourth-order valence-corrected chi connectivity index (χ4v) is 3.04. The van der Waals surface area contributed by atoms with Crippen LogP contribution in [-0.2, 0) is 6.18 Å². The van der Waals surface area contributed by atoms with E-state index in [1.807, 2.05) is 0 Å². The van der Waals surface area contributed by atoms with Gasteiger partial charge in [-0.1, -0.05) is 24.4 Å². The number of likely N-dealkylation sites (tertiary alicyclic amines) is 1. The molecular weight excluding hydrogens is 381 g/mol. The summed E-state index contributed by atoms with van der Waals surface area (Å²) in [6.45, 7) is 1.41. The summed E-state index contributed by atoms with van der Waals surface area (Å²) in [4.78, 5) is 22.4. The minimum atomic E-state index is -4.48. The third-order valence-electron chi connectivity index (χ3n) is 4.33. The fourth-order valence-electron chi connectivity index (χ4n) is 2.88. The lowest BCUT2D eigenvalue weighted by Crippen LogP contribution is -2.32. The van der Waals surface area contributed by atoms with E-state index in [1.54, 1.807) is 4.90 Å². The van der Waals surface area contributed by atoms with Crippen molar-refractivity contribution in [3.05, 3.63) is 46.7 Å². The third-order valence-corrected chi connectivity index (χ3v) is 4.66. The van der Waals surface area contributed by atoms with E-state index in [0.29, 0.717) is 18.7 Å². The first-order valence-electron chi connectivity index (χ1n) is 8.60. The van der Waals surface area contributed by atoms with Gasteiger partial charge < -0.3 is 10.2 Å². The number of nitrogens with zero attached hydrogens (tertiary/aromatic N) is 3. The topological polar surface area (TPSA) is 58.1 Å². The molecule has 0 unspecified atom stereocenters.